The Morgan fingerprint density at radius 3 is 2.50 bits per heavy atom. The van der Waals surface area contributed by atoms with Crippen LogP contribution in [0.25, 0.3) is 6.08 Å². The topological polar surface area (TPSA) is 88.9 Å². The highest BCUT2D eigenvalue weighted by molar-refractivity contribution is 14.1. The number of barbiturate groups is 1. The van der Waals surface area contributed by atoms with Gasteiger partial charge < -0.3 is 9.15 Å². The van der Waals surface area contributed by atoms with Crippen molar-refractivity contribution in [2.24, 2.45) is 0 Å². The number of benzene rings is 2. The summed E-state index contributed by atoms with van der Waals surface area (Å²) in [4.78, 5) is 38.2. The van der Waals surface area contributed by atoms with Crippen LogP contribution in [0.5, 0.6) is 5.75 Å². The van der Waals surface area contributed by atoms with E-state index in [9.17, 15) is 14.4 Å². The van der Waals surface area contributed by atoms with Crippen molar-refractivity contribution >= 4 is 69.1 Å². The molecule has 1 fully saturated rings. The first-order chi connectivity index (χ1) is 15.4. The van der Waals surface area contributed by atoms with E-state index < -0.39 is 17.8 Å². The second-order valence-corrected chi connectivity index (χ2v) is 9.30. The van der Waals surface area contributed by atoms with Gasteiger partial charge in [0.15, 0.2) is 0 Å². The molecular weight excluding hydrogens is 638 g/mol. The van der Waals surface area contributed by atoms with Crippen molar-refractivity contribution in [1.82, 2.24) is 10.2 Å². The first kappa shape index (κ1) is 22.5. The Morgan fingerprint density at radius 2 is 1.81 bits per heavy atom. The fraction of sp³-hybridized carbons (Fsp3) is 0.0870. The lowest BCUT2D eigenvalue weighted by Crippen LogP contribution is -2.53. The van der Waals surface area contributed by atoms with E-state index in [4.69, 9.17) is 9.15 Å². The lowest BCUT2D eigenvalue weighted by atomic mass is 10.1. The summed E-state index contributed by atoms with van der Waals surface area (Å²) < 4.78 is 13.1. The molecular formula is C23H16I2N2O5. The number of imide groups is 2. The molecule has 9 heteroatoms. The molecule has 2 heterocycles. The highest BCUT2D eigenvalue weighted by Crippen LogP contribution is 2.25. The smallest absolute Gasteiger partial charge is 0.331 e. The highest BCUT2D eigenvalue weighted by atomic mass is 127. The van der Waals surface area contributed by atoms with Crippen LogP contribution in [-0.2, 0) is 22.7 Å². The molecule has 32 heavy (non-hydrogen) atoms. The van der Waals surface area contributed by atoms with Gasteiger partial charge in [0.05, 0.1) is 16.4 Å². The molecule has 1 aliphatic rings. The summed E-state index contributed by atoms with van der Waals surface area (Å²) in [5.74, 6) is -0.277. The summed E-state index contributed by atoms with van der Waals surface area (Å²) in [6, 6.07) is 16.0. The Kier molecular flexibility index (Phi) is 6.94. The second kappa shape index (κ2) is 9.86. The highest BCUT2D eigenvalue weighted by Gasteiger charge is 2.36. The minimum absolute atomic E-state index is 0.0643. The summed E-state index contributed by atoms with van der Waals surface area (Å²) in [5, 5.41) is 2.20. The largest absolute Gasteiger partial charge is 0.488 e. The lowest BCUT2D eigenvalue weighted by molar-refractivity contribution is -0.130. The number of carbonyl (C=O) groups is 3. The summed E-state index contributed by atoms with van der Waals surface area (Å²) >= 11 is 4.39. The van der Waals surface area contributed by atoms with Gasteiger partial charge in [-0.1, -0.05) is 18.2 Å². The van der Waals surface area contributed by atoms with Gasteiger partial charge in [-0.2, -0.15) is 0 Å². The van der Waals surface area contributed by atoms with Gasteiger partial charge in [-0.05, 0) is 98.8 Å². The molecule has 1 aliphatic heterocycles. The summed E-state index contributed by atoms with van der Waals surface area (Å²) in [6.07, 6.45) is 2.91. The van der Waals surface area contributed by atoms with Crippen LogP contribution in [0.15, 0.2) is 70.9 Å². The van der Waals surface area contributed by atoms with E-state index in [-0.39, 0.29) is 12.1 Å². The molecule has 7 nitrogen and oxygen atoms in total. The van der Waals surface area contributed by atoms with Crippen LogP contribution in [-0.4, -0.2) is 22.7 Å². The molecule has 1 saturated heterocycles. The van der Waals surface area contributed by atoms with Crippen LogP contribution in [0.3, 0.4) is 0 Å². The van der Waals surface area contributed by atoms with Crippen LogP contribution in [0.4, 0.5) is 4.79 Å². The molecule has 162 valence electrons. The normalized spacial score (nSPS) is 15.2. The van der Waals surface area contributed by atoms with Crippen molar-refractivity contribution in [1.29, 1.82) is 0 Å². The third-order valence-corrected chi connectivity index (χ3v) is 6.22. The van der Waals surface area contributed by atoms with E-state index >= 15 is 0 Å². The van der Waals surface area contributed by atoms with Crippen LogP contribution in [0, 0.1) is 7.14 Å². The van der Waals surface area contributed by atoms with Gasteiger partial charge in [-0.3, -0.25) is 19.8 Å². The van der Waals surface area contributed by atoms with Crippen molar-refractivity contribution < 1.29 is 23.5 Å². The van der Waals surface area contributed by atoms with E-state index in [0.717, 1.165) is 17.6 Å². The van der Waals surface area contributed by atoms with Gasteiger partial charge in [-0.25, -0.2) is 4.79 Å². The number of hydrogen-bond acceptors (Lipinski definition) is 5. The maximum absolute atomic E-state index is 12.8. The second-order valence-electron chi connectivity index (χ2n) is 6.89. The first-order valence-electron chi connectivity index (χ1n) is 9.49. The maximum Gasteiger partial charge on any atom is 0.331 e. The number of carbonyl (C=O) groups excluding carboxylic acids is 3. The average molecular weight is 654 g/mol. The average Bonchev–Trinajstić information content (AvgIpc) is 3.28. The molecule has 3 aromatic rings. The number of amides is 4. The Balaban J connectivity index is 1.50. The van der Waals surface area contributed by atoms with Crippen molar-refractivity contribution in [3.63, 3.8) is 0 Å². The number of urea groups is 1. The fourth-order valence-electron chi connectivity index (χ4n) is 3.03. The molecule has 0 bridgehead atoms. The number of hydrogen-bond donors (Lipinski definition) is 1. The molecule has 2 aromatic carbocycles. The van der Waals surface area contributed by atoms with Crippen LogP contribution in [0.1, 0.15) is 16.9 Å². The molecule has 0 unspecified atom stereocenters. The number of furan rings is 1. The number of rotatable bonds is 6. The standard InChI is InChI=1S/C23H16I2N2O5/c24-16-6-3-14(4-7-16)13-32-20-8-5-15(11-19(20)25)10-18-21(28)26-23(30)27(22(18)29)12-17-2-1-9-31-17/h1-11H,12-13H2,(H,26,28,30)/b18-10+. The lowest BCUT2D eigenvalue weighted by Gasteiger charge is -2.25. The number of halogens is 2. The molecule has 1 N–H and O–H groups in total. The number of nitrogens with zero attached hydrogens (tertiary/aromatic N) is 1. The fourth-order valence-corrected chi connectivity index (χ4v) is 4.08. The van der Waals surface area contributed by atoms with Gasteiger partial charge in [0.1, 0.15) is 23.7 Å². The zero-order valence-electron chi connectivity index (χ0n) is 16.5. The van der Waals surface area contributed by atoms with Gasteiger partial charge >= 0.3 is 6.03 Å². The van der Waals surface area contributed by atoms with E-state index in [0.29, 0.717) is 23.7 Å². The molecule has 0 radical (unpaired) electrons. The van der Waals surface area contributed by atoms with E-state index in [2.05, 4.69) is 50.5 Å². The number of ether oxygens (including phenoxy) is 1. The van der Waals surface area contributed by atoms with Crippen LogP contribution in [0.2, 0.25) is 0 Å². The summed E-state index contributed by atoms with van der Waals surface area (Å²) in [7, 11) is 0. The summed E-state index contributed by atoms with van der Waals surface area (Å²) in [6.45, 7) is 0.364. The molecule has 4 rings (SSSR count). The van der Waals surface area contributed by atoms with E-state index in [1.54, 1.807) is 24.3 Å². The molecule has 0 saturated carbocycles. The maximum atomic E-state index is 12.8. The predicted octanol–water partition coefficient (Wildman–Crippen LogP) is 4.73. The zero-order chi connectivity index (χ0) is 22.7. The number of nitrogens with one attached hydrogen (secondary N) is 1. The quantitative estimate of drug-likeness (QED) is 0.236. The Morgan fingerprint density at radius 1 is 1.03 bits per heavy atom. The Hall–Kier alpha value is -2.67. The van der Waals surface area contributed by atoms with Gasteiger partial charge in [0.25, 0.3) is 11.8 Å². The van der Waals surface area contributed by atoms with Crippen molar-refractivity contribution in [2.75, 3.05) is 0 Å². The zero-order valence-corrected chi connectivity index (χ0v) is 20.8. The molecule has 0 aliphatic carbocycles. The minimum Gasteiger partial charge on any atom is -0.488 e. The Labute approximate surface area is 211 Å². The monoisotopic (exact) mass is 654 g/mol. The van der Waals surface area contributed by atoms with Gasteiger partial charge in [0.2, 0.25) is 0 Å². The van der Waals surface area contributed by atoms with E-state index in [1.807, 2.05) is 30.3 Å². The Bertz CT molecular complexity index is 1200. The molecule has 0 spiro atoms. The van der Waals surface area contributed by atoms with Crippen molar-refractivity contribution in [3.05, 3.63) is 90.5 Å². The van der Waals surface area contributed by atoms with Crippen molar-refractivity contribution in [2.45, 2.75) is 13.2 Å². The van der Waals surface area contributed by atoms with Crippen LogP contribution >= 0.6 is 45.2 Å². The van der Waals surface area contributed by atoms with Gasteiger partial charge in [0, 0.05) is 3.57 Å². The minimum atomic E-state index is -0.775. The van der Waals surface area contributed by atoms with Crippen LogP contribution < -0.4 is 10.1 Å². The third-order valence-electron chi connectivity index (χ3n) is 4.65. The van der Waals surface area contributed by atoms with E-state index in [1.165, 1.54) is 12.3 Å². The predicted molar refractivity (Wildman–Crippen MR) is 133 cm³/mol. The molecule has 4 amide bonds. The first-order valence-corrected chi connectivity index (χ1v) is 11.6. The third kappa shape index (κ3) is 5.21. The molecule has 0 atom stereocenters. The summed E-state index contributed by atoms with van der Waals surface area (Å²) in [5.41, 5.74) is 1.57. The van der Waals surface area contributed by atoms with Crippen molar-refractivity contribution in [3.8, 4) is 5.75 Å². The van der Waals surface area contributed by atoms with Gasteiger partial charge in [-0.15, -0.1) is 0 Å². The SMILES string of the molecule is O=C1NC(=O)N(Cc2ccco2)C(=O)/C1=C/c1ccc(OCc2ccc(I)cc2)c(I)c1. The molecule has 1 aromatic heterocycles.